The number of thiazole rings is 1. The van der Waals surface area contributed by atoms with Gasteiger partial charge in [-0.1, -0.05) is 36.3 Å². The third kappa shape index (κ3) is 2.69. The second kappa shape index (κ2) is 5.33. The lowest BCUT2D eigenvalue weighted by atomic mass is 9.98. The number of aromatic nitrogens is 1. The SMILES string of the molecule is O=C(Nc1nc2ccccc2s1)NC1(C(=O)O)CCCC1. The Morgan fingerprint density at radius 2 is 1.95 bits per heavy atom. The van der Waals surface area contributed by atoms with E-state index in [0.29, 0.717) is 18.0 Å². The Morgan fingerprint density at radius 1 is 1.24 bits per heavy atom. The summed E-state index contributed by atoms with van der Waals surface area (Å²) in [5.41, 5.74) is -0.326. The number of benzene rings is 1. The minimum absolute atomic E-state index is 0.465. The molecule has 7 heteroatoms. The number of carboxylic acids is 1. The average Bonchev–Trinajstić information content (AvgIpc) is 3.05. The van der Waals surface area contributed by atoms with Gasteiger partial charge in [-0.25, -0.2) is 14.6 Å². The summed E-state index contributed by atoms with van der Waals surface area (Å²) in [7, 11) is 0. The zero-order valence-electron chi connectivity index (χ0n) is 11.3. The molecular weight excluding hydrogens is 290 g/mol. The summed E-state index contributed by atoms with van der Waals surface area (Å²) in [5, 5.41) is 15.0. The van der Waals surface area contributed by atoms with Crippen LogP contribution in [-0.2, 0) is 4.79 Å². The highest BCUT2D eigenvalue weighted by atomic mass is 32.1. The van der Waals surface area contributed by atoms with Gasteiger partial charge in [-0.15, -0.1) is 0 Å². The molecule has 1 aliphatic rings. The lowest BCUT2D eigenvalue weighted by molar-refractivity contribution is -0.144. The fraction of sp³-hybridized carbons (Fsp3) is 0.357. The molecule has 1 heterocycles. The topological polar surface area (TPSA) is 91.3 Å². The molecule has 2 aromatic rings. The maximum absolute atomic E-state index is 12.0. The van der Waals surface area contributed by atoms with Crippen LogP contribution < -0.4 is 10.6 Å². The van der Waals surface area contributed by atoms with E-state index in [0.717, 1.165) is 23.1 Å². The second-order valence-electron chi connectivity index (χ2n) is 5.16. The molecule has 1 saturated carbocycles. The van der Waals surface area contributed by atoms with Gasteiger partial charge in [-0.3, -0.25) is 5.32 Å². The van der Waals surface area contributed by atoms with E-state index in [1.54, 1.807) is 0 Å². The number of amides is 2. The molecule has 0 aliphatic heterocycles. The van der Waals surface area contributed by atoms with Gasteiger partial charge in [0.25, 0.3) is 0 Å². The third-order valence-electron chi connectivity index (χ3n) is 3.73. The number of urea groups is 1. The number of aliphatic carboxylic acids is 1. The zero-order valence-corrected chi connectivity index (χ0v) is 12.1. The summed E-state index contributed by atoms with van der Waals surface area (Å²) < 4.78 is 0.974. The van der Waals surface area contributed by atoms with Crippen LogP contribution in [0.15, 0.2) is 24.3 Å². The molecule has 3 rings (SSSR count). The third-order valence-corrected chi connectivity index (χ3v) is 4.69. The summed E-state index contributed by atoms with van der Waals surface area (Å²) in [6, 6.07) is 7.06. The monoisotopic (exact) mass is 305 g/mol. The van der Waals surface area contributed by atoms with Crippen molar-refractivity contribution in [3.05, 3.63) is 24.3 Å². The number of carbonyl (C=O) groups is 2. The van der Waals surface area contributed by atoms with Crippen molar-refractivity contribution >= 4 is 38.7 Å². The Hall–Kier alpha value is -2.15. The number of para-hydroxylation sites is 1. The molecule has 21 heavy (non-hydrogen) atoms. The standard InChI is InChI=1S/C14H15N3O3S/c18-11(19)14(7-3-4-8-14)17-12(20)16-13-15-9-5-1-2-6-10(9)21-13/h1-2,5-6H,3-4,7-8H2,(H,18,19)(H2,15,16,17,20). The van der Waals surface area contributed by atoms with E-state index < -0.39 is 17.5 Å². The summed E-state index contributed by atoms with van der Waals surface area (Å²) in [4.78, 5) is 27.7. The van der Waals surface area contributed by atoms with Gasteiger partial charge in [0, 0.05) is 0 Å². The van der Waals surface area contributed by atoms with Crippen molar-refractivity contribution in [2.75, 3.05) is 5.32 Å². The van der Waals surface area contributed by atoms with Gasteiger partial charge in [0.1, 0.15) is 5.54 Å². The van der Waals surface area contributed by atoms with E-state index in [9.17, 15) is 14.7 Å². The molecule has 6 nitrogen and oxygen atoms in total. The first-order valence-corrected chi connectivity index (χ1v) is 7.59. The molecule has 1 fully saturated rings. The first-order valence-electron chi connectivity index (χ1n) is 6.77. The Bertz CT molecular complexity index is 659. The van der Waals surface area contributed by atoms with Gasteiger partial charge in [0.2, 0.25) is 0 Å². The lowest BCUT2D eigenvalue weighted by Crippen LogP contribution is -2.53. The number of hydrogen-bond acceptors (Lipinski definition) is 4. The fourth-order valence-corrected chi connectivity index (χ4v) is 3.50. The van der Waals surface area contributed by atoms with Crippen LogP contribution >= 0.6 is 11.3 Å². The first kappa shape index (κ1) is 13.8. The molecule has 0 saturated heterocycles. The van der Waals surface area contributed by atoms with E-state index in [4.69, 9.17) is 0 Å². The Labute approximate surface area is 125 Å². The van der Waals surface area contributed by atoms with Crippen molar-refractivity contribution in [1.29, 1.82) is 0 Å². The highest BCUT2D eigenvalue weighted by Crippen LogP contribution is 2.30. The summed E-state index contributed by atoms with van der Waals surface area (Å²) in [6.07, 6.45) is 2.56. The summed E-state index contributed by atoms with van der Waals surface area (Å²) in [6.45, 7) is 0. The van der Waals surface area contributed by atoms with Gasteiger partial charge < -0.3 is 10.4 Å². The smallest absolute Gasteiger partial charge is 0.329 e. The van der Waals surface area contributed by atoms with E-state index in [1.165, 1.54) is 11.3 Å². The largest absolute Gasteiger partial charge is 0.480 e. The van der Waals surface area contributed by atoms with Crippen molar-refractivity contribution in [2.45, 2.75) is 31.2 Å². The number of nitrogens with one attached hydrogen (secondary N) is 2. The number of rotatable bonds is 3. The minimum atomic E-state index is -1.14. The van der Waals surface area contributed by atoms with E-state index in [-0.39, 0.29) is 0 Å². The number of hydrogen-bond donors (Lipinski definition) is 3. The molecule has 0 bridgehead atoms. The molecular formula is C14H15N3O3S. The minimum Gasteiger partial charge on any atom is -0.480 e. The second-order valence-corrected chi connectivity index (χ2v) is 6.19. The molecule has 2 amide bonds. The van der Waals surface area contributed by atoms with Crippen LogP contribution in [-0.4, -0.2) is 27.6 Å². The van der Waals surface area contributed by atoms with E-state index in [2.05, 4.69) is 15.6 Å². The van der Waals surface area contributed by atoms with E-state index >= 15 is 0 Å². The van der Waals surface area contributed by atoms with Gasteiger partial charge in [-0.2, -0.15) is 0 Å². The molecule has 0 atom stereocenters. The Kier molecular flexibility index (Phi) is 3.50. The predicted molar refractivity (Wildman–Crippen MR) is 80.6 cm³/mol. The van der Waals surface area contributed by atoms with Crippen molar-refractivity contribution in [3.63, 3.8) is 0 Å². The van der Waals surface area contributed by atoms with Gasteiger partial charge in [-0.05, 0) is 25.0 Å². The maximum atomic E-state index is 12.0. The predicted octanol–water partition coefficient (Wildman–Crippen LogP) is 2.82. The van der Waals surface area contributed by atoms with Gasteiger partial charge >= 0.3 is 12.0 Å². The average molecular weight is 305 g/mol. The molecule has 1 aliphatic carbocycles. The zero-order chi connectivity index (χ0) is 14.9. The van der Waals surface area contributed by atoms with Crippen LogP contribution in [0.2, 0.25) is 0 Å². The van der Waals surface area contributed by atoms with Crippen LogP contribution in [0.5, 0.6) is 0 Å². The lowest BCUT2D eigenvalue weighted by Gasteiger charge is -2.24. The van der Waals surface area contributed by atoms with Crippen molar-refractivity contribution in [1.82, 2.24) is 10.3 Å². The summed E-state index contributed by atoms with van der Waals surface area (Å²) in [5.74, 6) is -0.973. The van der Waals surface area contributed by atoms with Crippen LogP contribution in [0.25, 0.3) is 10.2 Å². The fourth-order valence-electron chi connectivity index (χ4n) is 2.64. The van der Waals surface area contributed by atoms with Crippen LogP contribution in [0.1, 0.15) is 25.7 Å². The molecule has 1 aromatic heterocycles. The molecule has 0 radical (unpaired) electrons. The van der Waals surface area contributed by atoms with Crippen molar-refractivity contribution < 1.29 is 14.7 Å². The van der Waals surface area contributed by atoms with Crippen molar-refractivity contribution in [3.8, 4) is 0 Å². The first-order chi connectivity index (χ1) is 10.1. The van der Waals surface area contributed by atoms with Crippen molar-refractivity contribution in [2.24, 2.45) is 0 Å². The number of carbonyl (C=O) groups excluding carboxylic acids is 1. The van der Waals surface area contributed by atoms with Crippen LogP contribution in [0, 0.1) is 0 Å². The summed E-state index contributed by atoms with van der Waals surface area (Å²) >= 11 is 1.36. The van der Waals surface area contributed by atoms with Crippen LogP contribution in [0.3, 0.4) is 0 Å². The quantitative estimate of drug-likeness (QED) is 0.813. The number of nitrogens with zero attached hydrogens (tertiary/aromatic N) is 1. The number of carboxylic acid groups (broad SMARTS) is 1. The van der Waals surface area contributed by atoms with Crippen LogP contribution in [0.4, 0.5) is 9.93 Å². The highest BCUT2D eigenvalue weighted by molar-refractivity contribution is 7.22. The molecule has 3 N–H and O–H groups in total. The van der Waals surface area contributed by atoms with Gasteiger partial charge in [0.15, 0.2) is 5.13 Å². The Morgan fingerprint density at radius 3 is 2.62 bits per heavy atom. The number of anilines is 1. The number of fused-ring (bicyclic) bond motifs is 1. The van der Waals surface area contributed by atoms with E-state index in [1.807, 2.05) is 24.3 Å². The normalized spacial score (nSPS) is 16.8. The highest BCUT2D eigenvalue weighted by Gasteiger charge is 2.42. The molecule has 110 valence electrons. The molecule has 1 aromatic carbocycles. The molecule has 0 unspecified atom stereocenters. The van der Waals surface area contributed by atoms with Gasteiger partial charge in [0.05, 0.1) is 10.2 Å². The maximum Gasteiger partial charge on any atom is 0.329 e. The Balaban J connectivity index is 1.72. The molecule has 0 spiro atoms.